The maximum atomic E-state index is 13.5. The van der Waals surface area contributed by atoms with E-state index in [9.17, 15) is 27.2 Å². The predicted molar refractivity (Wildman–Crippen MR) is 108 cm³/mol. The molecule has 8 heteroatoms. The molecule has 0 aliphatic carbocycles. The van der Waals surface area contributed by atoms with Gasteiger partial charge in [0, 0.05) is 5.56 Å². The van der Waals surface area contributed by atoms with Crippen molar-refractivity contribution in [2.24, 2.45) is 0 Å². The fraction of sp³-hybridized carbons (Fsp3) is 0.652. The third-order valence-electron chi connectivity index (χ3n) is 4.86. The van der Waals surface area contributed by atoms with Crippen LogP contribution in [0.25, 0.3) is 0 Å². The lowest BCUT2D eigenvalue weighted by molar-refractivity contribution is -0.151. The van der Waals surface area contributed by atoms with E-state index in [0.717, 1.165) is 19.3 Å². The second kappa shape index (κ2) is 15.6. The largest absolute Gasteiger partial charge is 0.466 e. The van der Waals surface area contributed by atoms with Crippen molar-refractivity contribution in [1.82, 2.24) is 0 Å². The van der Waals surface area contributed by atoms with Crippen molar-refractivity contribution in [1.29, 1.82) is 0 Å². The highest BCUT2D eigenvalue weighted by Crippen LogP contribution is 2.19. The molecule has 0 aliphatic rings. The molecule has 1 aromatic carbocycles. The number of rotatable bonds is 16. The van der Waals surface area contributed by atoms with Gasteiger partial charge in [-0.05, 0) is 12.5 Å². The number of benzene rings is 1. The summed E-state index contributed by atoms with van der Waals surface area (Å²) in [6.45, 7) is 1.71. The Balaban J connectivity index is 2.08. The van der Waals surface area contributed by atoms with Crippen LogP contribution in [0.15, 0.2) is 6.07 Å². The topological polar surface area (TPSA) is 52.6 Å². The van der Waals surface area contributed by atoms with Crippen LogP contribution in [0.4, 0.5) is 17.6 Å². The molecule has 0 atom stereocenters. The molecule has 0 unspecified atom stereocenters. The summed E-state index contributed by atoms with van der Waals surface area (Å²) in [7, 11) is 0. The van der Waals surface area contributed by atoms with Crippen LogP contribution >= 0.6 is 0 Å². The minimum atomic E-state index is -1.97. The van der Waals surface area contributed by atoms with E-state index in [-0.39, 0.29) is 19.4 Å². The van der Waals surface area contributed by atoms with Crippen LogP contribution in [0.1, 0.15) is 89.5 Å². The number of hydrogen-bond acceptors (Lipinski definition) is 4. The minimum absolute atomic E-state index is 0.217. The fourth-order valence-corrected chi connectivity index (χ4v) is 3.01. The Labute approximate surface area is 181 Å². The van der Waals surface area contributed by atoms with Crippen LogP contribution in [0, 0.1) is 23.3 Å². The van der Waals surface area contributed by atoms with Gasteiger partial charge in [0.2, 0.25) is 0 Å². The maximum absolute atomic E-state index is 13.5. The molecule has 0 fully saturated rings. The standard InChI is InChI=1S/C23H32F4O4/c1-2-3-4-5-6-7-8-9-10-11-14-30-19(28)12-13-20(29)31-16-17-15-18(24)22(26)23(27)21(17)25/h15H,2-14,16H2,1H3. The van der Waals surface area contributed by atoms with Crippen molar-refractivity contribution in [2.75, 3.05) is 6.61 Å². The Morgan fingerprint density at radius 2 is 1.23 bits per heavy atom. The first kappa shape index (κ1) is 26.9. The van der Waals surface area contributed by atoms with Crippen LogP contribution in [-0.4, -0.2) is 18.5 Å². The van der Waals surface area contributed by atoms with Crippen LogP contribution in [0.2, 0.25) is 0 Å². The smallest absolute Gasteiger partial charge is 0.306 e. The summed E-state index contributed by atoms with van der Waals surface area (Å²) in [4.78, 5) is 23.2. The average molecular weight is 448 g/mol. The van der Waals surface area contributed by atoms with Gasteiger partial charge in [-0.1, -0.05) is 64.7 Å². The third-order valence-corrected chi connectivity index (χ3v) is 4.86. The molecule has 0 spiro atoms. The van der Waals surface area contributed by atoms with Gasteiger partial charge in [0.15, 0.2) is 23.3 Å². The van der Waals surface area contributed by atoms with Gasteiger partial charge in [0.05, 0.1) is 19.4 Å². The number of carbonyl (C=O) groups excluding carboxylic acids is 2. The Bertz CT molecular complexity index is 695. The molecule has 0 heterocycles. The quantitative estimate of drug-likeness (QED) is 0.0948. The number of hydrogen-bond donors (Lipinski definition) is 0. The second-order valence-electron chi connectivity index (χ2n) is 7.52. The molecule has 0 amide bonds. The van der Waals surface area contributed by atoms with Crippen LogP contribution in [0.3, 0.4) is 0 Å². The molecule has 0 saturated carbocycles. The Morgan fingerprint density at radius 1 is 0.710 bits per heavy atom. The fourth-order valence-electron chi connectivity index (χ4n) is 3.01. The summed E-state index contributed by atoms with van der Waals surface area (Å²) < 4.78 is 62.3. The lowest BCUT2D eigenvalue weighted by atomic mass is 10.1. The molecule has 0 saturated heterocycles. The van der Waals surface area contributed by atoms with Crippen LogP contribution in [0.5, 0.6) is 0 Å². The molecule has 176 valence electrons. The molecule has 0 aliphatic heterocycles. The zero-order chi connectivity index (χ0) is 23.1. The maximum Gasteiger partial charge on any atom is 0.306 e. The summed E-state index contributed by atoms with van der Waals surface area (Å²) in [5.74, 6) is -8.53. The normalized spacial score (nSPS) is 10.9. The molecule has 1 aromatic rings. The van der Waals surface area contributed by atoms with E-state index in [4.69, 9.17) is 4.74 Å². The molecule has 0 aromatic heterocycles. The zero-order valence-electron chi connectivity index (χ0n) is 18.1. The van der Waals surface area contributed by atoms with Gasteiger partial charge in [0.25, 0.3) is 0 Å². The van der Waals surface area contributed by atoms with E-state index in [1.165, 1.54) is 44.9 Å². The lowest BCUT2D eigenvalue weighted by Gasteiger charge is -2.08. The Kier molecular flexibility index (Phi) is 13.6. The van der Waals surface area contributed by atoms with Crippen molar-refractivity contribution in [2.45, 2.75) is 90.6 Å². The molecule has 31 heavy (non-hydrogen) atoms. The van der Waals surface area contributed by atoms with Crippen molar-refractivity contribution in [3.63, 3.8) is 0 Å². The van der Waals surface area contributed by atoms with Gasteiger partial charge < -0.3 is 9.47 Å². The highest BCUT2D eigenvalue weighted by Gasteiger charge is 2.20. The monoisotopic (exact) mass is 448 g/mol. The van der Waals surface area contributed by atoms with E-state index in [2.05, 4.69) is 11.7 Å². The molecule has 0 N–H and O–H groups in total. The highest BCUT2D eigenvalue weighted by atomic mass is 19.2. The summed E-state index contributed by atoms with van der Waals surface area (Å²) in [5.41, 5.74) is -0.631. The van der Waals surface area contributed by atoms with E-state index < -0.39 is 47.4 Å². The third kappa shape index (κ3) is 11.2. The van der Waals surface area contributed by atoms with Gasteiger partial charge >= 0.3 is 11.9 Å². The molecular weight excluding hydrogens is 416 g/mol. The van der Waals surface area contributed by atoms with Crippen LogP contribution in [-0.2, 0) is 25.7 Å². The number of halogens is 4. The minimum Gasteiger partial charge on any atom is -0.466 e. The zero-order valence-corrected chi connectivity index (χ0v) is 18.1. The summed E-state index contributed by atoms with van der Waals surface area (Å²) in [6, 6.07) is 0.418. The lowest BCUT2D eigenvalue weighted by Crippen LogP contribution is -2.12. The molecular formula is C23H32F4O4. The van der Waals surface area contributed by atoms with Crippen molar-refractivity contribution in [3.05, 3.63) is 34.9 Å². The summed E-state index contributed by atoms with van der Waals surface area (Å²) in [6.07, 6.45) is 11.1. The molecule has 0 bridgehead atoms. The number of esters is 2. The molecule has 1 rings (SSSR count). The number of ether oxygens (including phenoxy) is 2. The van der Waals surface area contributed by atoms with Crippen molar-refractivity contribution < 1.29 is 36.6 Å². The van der Waals surface area contributed by atoms with E-state index in [0.29, 0.717) is 6.07 Å². The number of unbranched alkanes of at least 4 members (excludes halogenated alkanes) is 9. The SMILES string of the molecule is CCCCCCCCCCCCOC(=O)CCC(=O)OCc1cc(F)c(F)c(F)c1F. The van der Waals surface area contributed by atoms with Gasteiger partial charge in [-0.25, -0.2) is 17.6 Å². The van der Waals surface area contributed by atoms with Crippen molar-refractivity contribution in [3.8, 4) is 0 Å². The Morgan fingerprint density at radius 3 is 1.81 bits per heavy atom. The van der Waals surface area contributed by atoms with E-state index in [1.54, 1.807) is 0 Å². The first-order valence-electron chi connectivity index (χ1n) is 11.0. The van der Waals surface area contributed by atoms with E-state index >= 15 is 0 Å². The number of carbonyl (C=O) groups is 2. The Hall–Kier alpha value is -2.12. The average Bonchev–Trinajstić information content (AvgIpc) is 2.76. The van der Waals surface area contributed by atoms with Crippen LogP contribution < -0.4 is 0 Å². The molecule has 4 nitrogen and oxygen atoms in total. The van der Waals surface area contributed by atoms with Gasteiger partial charge in [-0.15, -0.1) is 0 Å². The van der Waals surface area contributed by atoms with E-state index in [1.807, 2.05) is 0 Å². The van der Waals surface area contributed by atoms with Gasteiger partial charge in [0.1, 0.15) is 6.61 Å². The first-order valence-corrected chi connectivity index (χ1v) is 11.0. The highest BCUT2D eigenvalue weighted by molar-refractivity contribution is 5.77. The second-order valence-corrected chi connectivity index (χ2v) is 7.52. The van der Waals surface area contributed by atoms with Gasteiger partial charge in [-0.2, -0.15) is 0 Å². The summed E-state index contributed by atoms with van der Waals surface area (Å²) >= 11 is 0. The van der Waals surface area contributed by atoms with Crippen molar-refractivity contribution >= 4 is 11.9 Å². The van der Waals surface area contributed by atoms with Gasteiger partial charge in [-0.3, -0.25) is 9.59 Å². The predicted octanol–water partition coefficient (Wildman–Crippen LogP) is 6.53. The first-order chi connectivity index (χ1) is 14.9. The summed E-state index contributed by atoms with van der Waals surface area (Å²) in [5, 5.41) is 0. The molecule has 0 radical (unpaired) electrons.